The highest BCUT2D eigenvalue weighted by Crippen LogP contribution is 2.30. The second kappa shape index (κ2) is 7.26. The largest absolute Gasteiger partial charge is 0.388 e. The van der Waals surface area contributed by atoms with Crippen LogP contribution in [0.1, 0.15) is 36.9 Å². The number of morpholine rings is 1. The number of hydrogen-bond acceptors (Lipinski definition) is 4. The Morgan fingerprint density at radius 1 is 1.39 bits per heavy atom. The van der Waals surface area contributed by atoms with Crippen molar-refractivity contribution >= 4 is 0 Å². The van der Waals surface area contributed by atoms with Crippen molar-refractivity contribution in [3.63, 3.8) is 0 Å². The highest BCUT2D eigenvalue weighted by molar-refractivity contribution is 5.32. The predicted octanol–water partition coefficient (Wildman–Crippen LogP) is 1.88. The van der Waals surface area contributed by atoms with Crippen molar-refractivity contribution in [1.29, 1.82) is 0 Å². The van der Waals surface area contributed by atoms with E-state index in [1.807, 2.05) is 13.0 Å². The second-order valence-corrected chi connectivity index (χ2v) is 7.05. The van der Waals surface area contributed by atoms with Crippen LogP contribution in [0, 0.1) is 5.82 Å². The van der Waals surface area contributed by atoms with Gasteiger partial charge in [-0.05, 0) is 49.4 Å². The fourth-order valence-corrected chi connectivity index (χ4v) is 3.62. The number of nitrogens with zero attached hydrogens (tertiary/aromatic N) is 1. The lowest BCUT2D eigenvalue weighted by atomic mass is 9.87. The molecule has 5 heteroatoms. The van der Waals surface area contributed by atoms with E-state index < -0.39 is 5.60 Å². The van der Waals surface area contributed by atoms with Gasteiger partial charge in [-0.15, -0.1) is 0 Å². The predicted molar refractivity (Wildman–Crippen MR) is 88.0 cm³/mol. The van der Waals surface area contributed by atoms with E-state index in [2.05, 4.69) is 10.2 Å². The molecule has 0 aromatic heterocycles. The van der Waals surface area contributed by atoms with Crippen LogP contribution in [-0.2, 0) is 11.2 Å². The number of halogens is 1. The molecular weight excluding hydrogens is 295 g/mol. The number of fused-ring (bicyclic) bond motifs is 1. The lowest BCUT2D eigenvalue weighted by Gasteiger charge is -2.35. The van der Waals surface area contributed by atoms with Crippen molar-refractivity contribution in [3.05, 3.63) is 35.1 Å². The minimum absolute atomic E-state index is 0.130. The molecule has 1 aromatic rings. The molecule has 128 valence electrons. The lowest BCUT2D eigenvalue weighted by Crippen LogP contribution is -2.51. The molecule has 3 rings (SSSR count). The Balaban J connectivity index is 1.58. The quantitative estimate of drug-likeness (QED) is 0.869. The molecule has 1 heterocycles. The summed E-state index contributed by atoms with van der Waals surface area (Å²) in [5.41, 5.74) is 1.48. The summed E-state index contributed by atoms with van der Waals surface area (Å²) in [6, 6.07) is 5.20. The number of benzene rings is 1. The molecule has 2 aliphatic rings. The van der Waals surface area contributed by atoms with Crippen molar-refractivity contribution in [2.45, 2.75) is 37.8 Å². The number of hydrogen-bond donors (Lipinski definition) is 2. The van der Waals surface area contributed by atoms with Gasteiger partial charge in [0.05, 0.1) is 18.8 Å². The van der Waals surface area contributed by atoms with Crippen molar-refractivity contribution < 1.29 is 14.2 Å². The molecule has 0 bridgehead atoms. The molecule has 1 saturated heterocycles. The van der Waals surface area contributed by atoms with Gasteiger partial charge < -0.3 is 15.2 Å². The van der Waals surface area contributed by atoms with E-state index in [4.69, 9.17) is 4.74 Å². The molecule has 2 atom stereocenters. The van der Waals surface area contributed by atoms with Gasteiger partial charge in [-0.3, -0.25) is 4.90 Å². The van der Waals surface area contributed by atoms with Gasteiger partial charge in [0.1, 0.15) is 5.82 Å². The molecule has 1 aliphatic heterocycles. The zero-order valence-electron chi connectivity index (χ0n) is 13.9. The summed E-state index contributed by atoms with van der Waals surface area (Å²) in [5.74, 6) is -0.183. The van der Waals surface area contributed by atoms with E-state index >= 15 is 0 Å². The van der Waals surface area contributed by atoms with E-state index in [1.165, 1.54) is 11.6 Å². The minimum Gasteiger partial charge on any atom is -0.388 e. The highest BCUT2D eigenvalue weighted by atomic mass is 19.1. The fourth-order valence-electron chi connectivity index (χ4n) is 3.62. The van der Waals surface area contributed by atoms with Crippen LogP contribution in [0.25, 0.3) is 0 Å². The summed E-state index contributed by atoms with van der Waals surface area (Å²) < 4.78 is 18.9. The molecule has 1 fully saturated rings. The molecule has 0 radical (unpaired) electrons. The van der Waals surface area contributed by atoms with Gasteiger partial charge in [-0.1, -0.05) is 6.07 Å². The van der Waals surface area contributed by atoms with Crippen LogP contribution in [0.2, 0.25) is 0 Å². The number of rotatable bonds is 5. The van der Waals surface area contributed by atoms with Crippen LogP contribution in [0.4, 0.5) is 4.39 Å². The van der Waals surface area contributed by atoms with Crippen molar-refractivity contribution in [1.82, 2.24) is 10.2 Å². The fraction of sp³-hybridized carbons (Fsp3) is 0.667. The van der Waals surface area contributed by atoms with Crippen molar-refractivity contribution in [2.24, 2.45) is 0 Å². The van der Waals surface area contributed by atoms with E-state index in [9.17, 15) is 9.50 Å². The van der Waals surface area contributed by atoms with Crippen LogP contribution in [0.3, 0.4) is 0 Å². The summed E-state index contributed by atoms with van der Waals surface area (Å²) in [6.07, 6.45) is 3.10. The van der Waals surface area contributed by atoms with Gasteiger partial charge in [0.15, 0.2) is 0 Å². The summed E-state index contributed by atoms with van der Waals surface area (Å²) >= 11 is 0. The number of aryl methyl sites for hydroxylation is 1. The molecule has 0 unspecified atom stereocenters. The van der Waals surface area contributed by atoms with Gasteiger partial charge in [-0.2, -0.15) is 0 Å². The van der Waals surface area contributed by atoms with Gasteiger partial charge in [-0.25, -0.2) is 4.39 Å². The summed E-state index contributed by atoms with van der Waals surface area (Å²) in [7, 11) is 0. The third-order valence-corrected chi connectivity index (χ3v) is 4.82. The normalized spacial score (nSPS) is 24.9. The molecule has 4 nitrogen and oxygen atoms in total. The number of ether oxygens (including phenoxy) is 1. The molecule has 1 aliphatic carbocycles. The first-order valence-electron chi connectivity index (χ1n) is 8.58. The smallest absolute Gasteiger partial charge is 0.123 e. The van der Waals surface area contributed by atoms with Gasteiger partial charge >= 0.3 is 0 Å². The second-order valence-electron chi connectivity index (χ2n) is 7.05. The zero-order chi connectivity index (χ0) is 16.3. The van der Waals surface area contributed by atoms with Crippen LogP contribution < -0.4 is 5.32 Å². The number of β-amino-alcohol motifs (C(OH)–C–C–N with tert-alkyl or cyclic N) is 1. The number of nitrogens with one attached hydrogen (secondary N) is 1. The molecule has 23 heavy (non-hydrogen) atoms. The summed E-state index contributed by atoms with van der Waals surface area (Å²) in [4.78, 5) is 2.24. The van der Waals surface area contributed by atoms with E-state index in [0.29, 0.717) is 13.1 Å². The van der Waals surface area contributed by atoms with E-state index in [0.717, 1.165) is 51.1 Å². The highest BCUT2D eigenvalue weighted by Gasteiger charge is 2.28. The summed E-state index contributed by atoms with van der Waals surface area (Å²) in [5, 5.41) is 14.1. The SMILES string of the molecule is C[C@](O)(CN[C@@H]1CCCc2ccc(F)cc21)CN1CCOCC1. The first-order chi connectivity index (χ1) is 11.0. The van der Waals surface area contributed by atoms with E-state index in [-0.39, 0.29) is 11.9 Å². The maximum Gasteiger partial charge on any atom is 0.123 e. The Morgan fingerprint density at radius 3 is 2.96 bits per heavy atom. The van der Waals surface area contributed by atoms with Gasteiger partial charge in [0.25, 0.3) is 0 Å². The summed E-state index contributed by atoms with van der Waals surface area (Å²) in [6.45, 7) is 6.21. The molecule has 1 aromatic carbocycles. The van der Waals surface area contributed by atoms with Crippen LogP contribution in [-0.4, -0.2) is 55.0 Å². The van der Waals surface area contributed by atoms with Crippen molar-refractivity contribution in [3.8, 4) is 0 Å². The molecule has 0 amide bonds. The maximum atomic E-state index is 13.6. The Bertz CT molecular complexity index is 530. The average molecular weight is 322 g/mol. The average Bonchev–Trinajstić information content (AvgIpc) is 2.53. The topological polar surface area (TPSA) is 44.7 Å². The molecular formula is C18H27FN2O2. The van der Waals surface area contributed by atoms with Crippen LogP contribution in [0.5, 0.6) is 0 Å². The Hall–Kier alpha value is -1.01. The van der Waals surface area contributed by atoms with Crippen molar-refractivity contribution in [2.75, 3.05) is 39.4 Å². The third kappa shape index (κ3) is 4.51. The van der Waals surface area contributed by atoms with Crippen LogP contribution in [0.15, 0.2) is 18.2 Å². The van der Waals surface area contributed by atoms with Gasteiger partial charge in [0, 0.05) is 32.2 Å². The first-order valence-corrected chi connectivity index (χ1v) is 8.58. The Kier molecular flexibility index (Phi) is 5.31. The third-order valence-electron chi connectivity index (χ3n) is 4.82. The molecule has 0 spiro atoms. The maximum absolute atomic E-state index is 13.6. The lowest BCUT2D eigenvalue weighted by molar-refractivity contribution is -0.0230. The standard InChI is InChI=1S/C18H27FN2O2/c1-18(22,13-21-7-9-23-10-8-21)12-20-17-4-2-3-14-5-6-15(19)11-16(14)17/h5-6,11,17,20,22H,2-4,7-10,12-13H2,1H3/t17-,18+/m1/s1. The number of aliphatic hydroxyl groups is 1. The molecule has 0 saturated carbocycles. The zero-order valence-corrected chi connectivity index (χ0v) is 13.9. The first kappa shape index (κ1) is 16.8. The van der Waals surface area contributed by atoms with E-state index in [1.54, 1.807) is 6.07 Å². The van der Waals surface area contributed by atoms with Crippen LogP contribution >= 0.6 is 0 Å². The minimum atomic E-state index is -0.803. The monoisotopic (exact) mass is 322 g/mol. The van der Waals surface area contributed by atoms with Gasteiger partial charge in [0.2, 0.25) is 0 Å². The molecule has 2 N–H and O–H groups in total. The Labute approximate surface area is 137 Å². The Morgan fingerprint density at radius 2 is 2.17 bits per heavy atom.